The average Bonchev–Trinajstić information content (AvgIpc) is 2.66. The second kappa shape index (κ2) is 5.23. The summed E-state index contributed by atoms with van der Waals surface area (Å²) < 4.78 is 1.79. The number of nitrogens with zero attached hydrogens (tertiary/aromatic N) is 4. The molecule has 1 fully saturated rings. The van der Waals surface area contributed by atoms with Crippen molar-refractivity contribution in [2.45, 2.75) is 32.6 Å². The minimum atomic E-state index is 0.676. The minimum absolute atomic E-state index is 0.676. The topological polar surface area (TPSA) is 51.0 Å². The molecule has 3 heterocycles. The molecule has 1 aliphatic heterocycles. The third-order valence-electron chi connectivity index (χ3n) is 4.04. The van der Waals surface area contributed by atoms with Crippen LogP contribution in [-0.4, -0.2) is 34.1 Å². The molecular formula is C15H20N4O. The van der Waals surface area contributed by atoms with Crippen LogP contribution in [0.15, 0.2) is 6.07 Å². The van der Waals surface area contributed by atoms with Gasteiger partial charge in [0, 0.05) is 25.5 Å². The van der Waals surface area contributed by atoms with E-state index in [2.05, 4.69) is 10.00 Å². The Labute approximate surface area is 118 Å². The van der Waals surface area contributed by atoms with Crippen LogP contribution in [0.1, 0.15) is 41.7 Å². The fraction of sp³-hybridized carbons (Fsp3) is 0.533. The van der Waals surface area contributed by atoms with Crippen molar-refractivity contribution in [3.05, 3.63) is 17.3 Å². The molecule has 5 nitrogen and oxygen atoms in total. The fourth-order valence-electron chi connectivity index (χ4n) is 2.97. The molecule has 0 amide bonds. The van der Waals surface area contributed by atoms with Crippen molar-refractivity contribution < 1.29 is 4.79 Å². The number of aldehydes is 1. The van der Waals surface area contributed by atoms with E-state index < -0.39 is 0 Å². The van der Waals surface area contributed by atoms with Crippen molar-refractivity contribution in [3.8, 4) is 0 Å². The van der Waals surface area contributed by atoms with E-state index in [1.165, 1.54) is 25.7 Å². The number of pyridine rings is 1. The van der Waals surface area contributed by atoms with E-state index in [0.717, 1.165) is 41.9 Å². The highest BCUT2D eigenvalue weighted by Crippen LogP contribution is 2.26. The Balaban J connectivity index is 2.12. The molecule has 1 aliphatic rings. The molecule has 0 N–H and O–H groups in total. The van der Waals surface area contributed by atoms with Crippen molar-refractivity contribution >= 4 is 23.1 Å². The number of anilines is 1. The predicted molar refractivity (Wildman–Crippen MR) is 79.3 cm³/mol. The van der Waals surface area contributed by atoms with E-state index in [4.69, 9.17) is 4.98 Å². The van der Waals surface area contributed by atoms with Crippen LogP contribution in [0.4, 0.5) is 5.82 Å². The van der Waals surface area contributed by atoms with Gasteiger partial charge in [0.2, 0.25) is 0 Å². The molecule has 0 atom stereocenters. The van der Waals surface area contributed by atoms with Crippen LogP contribution >= 0.6 is 0 Å². The standard InChI is InChI=1S/C15H20N4O/c1-11-13-9-12(10-20)14(16-15(13)18(2)17-11)19-7-5-3-4-6-8-19/h9-10H,3-8H2,1-2H3. The molecule has 2 aromatic rings. The zero-order chi connectivity index (χ0) is 14.1. The zero-order valence-corrected chi connectivity index (χ0v) is 12.1. The van der Waals surface area contributed by atoms with E-state index in [1.807, 2.05) is 20.0 Å². The maximum Gasteiger partial charge on any atom is 0.160 e. The Kier molecular flexibility index (Phi) is 3.42. The van der Waals surface area contributed by atoms with Gasteiger partial charge in [0.1, 0.15) is 5.82 Å². The highest BCUT2D eigenvalue weighted by molar-refractivity contribution is 5.91. The zero-order valence-electron chi connectivity index (χ0n) is 12.1. The number of fused-ring (bicyclic) bond motifs is 1. The summed E-state index contributed by atoms with van der Waals surface area (Å²) in [5, 5.41) is 5.36. The Morgan fingerprint density at radius 2 is 1.90 bits per heavy atom. The lowest BCUT2D eigenvalue weighted by Gasteiger charge is -2.22. The lowest BCUT2D eigenvalue weighted by Crippen LogP contribution is -2.26. The molecule has 0 aliphatic carbocycles. The van der Waals surface area contributed by atoms with Crippen LogP contribution in [-0.2, 0) is 7.05 Å². The number of rotatable bonds is 2. The molecule has 0 radical (unpaired) electrons. The van der Waals surface area contributed by atoms with Gasteiger partial charge in [-0.2, -0.15) is 5.10 Å². The largest absolute Gasteiger partial charge is 0.356 e. The van der Waals surface area contributed by atoms with Gasteiger partial charge in [-0.3, -0.25) is 9.48 Å². The van der Waals surface area contributed by atoms with Gasteiger partial charge in [0.15, 0.2) is 11.9 Å². The summed E-state index contributed by atoms with van der Waals surface area (Å²) in [5.74, 6) is 0.817. The van der Waals surface area contributed by atoms with Gasteiger partial charge in [-0.25, -0.2) is 4.98 Å². The van der Waals surface area contributed by atoms with Crippen LogP contribution in [0, 0.1) is 6.92 Å². The van der Waals surface area contributed by atoms with E-state index in [-0.39, 0.29) is 0 Å². The summed E-state index contributed by atoms with van der Waals surface area (Å²) in [5.41, 5.74) is 2.45. The van der Waals surface area contributed by atoms with E-state index >= 15 is 0 Å². The van der Waals surface area contributed by atoms with Gasteiger partial charge in [-0.15, -0.1) is 0 Å². The summed E-state index contributed by atoms with van der Waals surface area (Å²) in [7, 11) is 1.90. The number of hydrogen-bond donors (Lipinski definition) is 0. The average molecular weight is 272 g/mol. The normalized spacial score (nSPS) is 16.4. The smallest absolute Gasteiger partial charge is 0.160 e. The Bertz CT molecular complexity index is 639. The van der Waals surface area contributed by atoms with E-state index in [1.54, 1.807) is 4.68 Å². The monoisotopic (exact) mass is 272 g/mol. The molecule has 106 valence electrons. The van der Waals surface area contributed by atoms with E-state index in [0.29, 0.717) is 5.56 Å². The summed E-state index contributed by atoms with van der Waals surface area (Å²) in [6.07, 6.45) is 5.78. The van der Waals surface area contributed by atoms with Crippen molar-refractivity contribution in [1.82, 2.24) is 14.8 Å². The molecule has 0 bridgehead atoms. The number of aromatic nitrogens is 3. The van der Waals surface area contributed by atoms with Crippen molar-refractivity contribution in [2.24, 2.45) is 7.05 Å². The Morgan fingerprint density at radius 3 is 2.55 bits per heavy atom. The summed E-state index contributed by atoms with van der Waals surface area (Å²) >= 11 is 0. The molecule has 0 aromatic carbocycles. The van der Waals surface area contributed by atoms with Crippen molar-refractivity contribution in [2.75, 3.05) is 18.0 Å². The van der Waals surface area contributed by atoms with Gasteiger partial charge in [0.25, 0.3) is 0 Å². The maximum atomic E-state index is 11.4. The highest BCUT2D eigenvalue weighted by atomic mass is 16.1. The second-order valence-corrected chi connectivity index (χ2v) is 5.50. The maximum absolute atomic E-state index is 11.4. The molecular weight excluding hydrogens is 252 g/mol. The molecule has 0 saturated carbocycles. The summed E-state index contributed by atoms with van der Waals surface area (Å²) in [4.78, 5) is 18.4. The quantitative estimate of drug-likeness (QED) is 0.788. The predicted octanol–water partition coefficient (Wildman–Crippen LogP) is 2.47. The highest BCUT2D eigenvalue weighted by Gasteiger charge is 2.18. The first kappa shape index (κ1) is 13.1. The SMILES string of the molecule is Cc1nn(C)c2nc(N3CCCCCC3)c(C=O)cc12. The first-order chi connectivity index (χ1) is 9.70. The lowest BCUT2D eigenvalue weighted by atomic mass is 10.2. The van der Waals surface area contributed by atoms with Crippen LogP contribution in [0.5, 0.6) is 0 Å². The van der Waals surface area contributed by atoms with Crippen molar-refractivity contribution in [1.29, 1.82) is 0 Å². The van der Waals surface area contributed by atoms with Crippen LogP contribution in [0.2, 0.25) is 0 Å². The van der Waals surface area contributed by atoms with Gasteiger partial charge < -0.3 is 4.90 Å². The van der Waals surface area contributed by atoms with Crippen LogP contribution in [0.25, 0.3) is 11.0 Å². The number of carbonyl (C=O) groups is 1. The van der Waals surface area contributed by atoms with Gasteiger partial charge in [-0.1, -0.05) is 12.8 Å². The molecule has 20 heavy (non-hydrogen) atoms. The van der Waals surface area contributed by atoms with E-state index in [9.17, 15) is 4.79 Å². The van der Waals surface area contributed by atoms with Gasteiger partial charge in [0.05, 0.1) is 11.3 Å². The first-order valence-electron chi connectivity index (χ1n) is 7.25. The third-order valence-corrected chi connectivity index (χ3v) is 4.04. The summed E-state index contributed by atoms with van der Waals surface area (Å²) in [6.45, 7) is 3.91. The minimum Gasteiger partial charge on any atom is -0.356 e. The van der Waals surface area contributed by atoms with Crippen LogP contribution < -0.4 is 4.90 Å². The first-order valence-corrected chi connectivity index (χ1v) is 7.25. The summed E-state index contributed by atoms with van der Waals surface area (Å²) in [6, 6.07) is 1.93. The molecule has 3 rings (SSSR count). The Hall–Kier alpha value is -1.91. The molecule has 5 heteroatoms. The molecule has 1 saturated heterocycles. The Morgan fingerprint density at radius 1 is 1.20 bits per heavy atom. The second-order valence-electron chi connectivity index (χ2n) is 5.50. The van der Waals surface area contributed by atoms with Gasteiger partial charge in [-0.05, 0) is 25.8 Å². The van der Waals surface area contributed by atoms with Crippen LogP contribution in [0.3, 0.4) is 0 Å². The fourth-order valence-corrected chi connectivity index (χ4v) is 2.97. The van der Waals surface area contributed by atoms with Gasteiger partial charge >= 0.3 is 0 Å². The molecule has 2 aromatic heterocycles. The molecule has 0 unspecified atom stereocenters. The third kappa shape index (κ3) is 2.17. The van der Waals surface area contributed by atoms with Crippen molar-refractivity contribution in [3.63, 3.8) is 0 Å². The lowest BCUT2D eigenvalue weighted by molar-refractivity contribution is 0.112. The molecule has 0 spiro atoms. The number of aryl methyl sites for hydroxylation is 2. The number of carbonyl (C=O) groups excluding carboxylic acids is 1. The number of hydrogen-bond acceptors (Lipinski definition) is 4.